The van der Waals surface area contributed by atoms with Crippen LogP contribution in [0.5, 0.6) is 0 Å². The highest BCUT2D eigenvalue weighted by Crippen LogP contribution is 2.23. The summed E-state index contributed by atoms with van der Waals surface area (Å²) in [6, 6.07) is 7.52. The lowest BCUT2D eigenvalue weighted by molar-refractivity contribution is -0.121. The number of aromatic nitrogens is 11. The van der Waals surface area contributed by atoms with Gasteiger partial charge in [0.15, 0.2) is 17.5 Å². The summed E-state index contributed by atoms with van der Waals surface area (Å²) in [5, 5.41) is 32.3. The maximum atomic E-state index is 13.5. The van der Waals surface area contributed by atoms with E-state index in [1.165, 1.54) is 105 Å². The van der Waals surface area contributed by atoms with Crippen LogP contribution in [0.2, 0.25) is 0 Å². The van der Waals surface area contributed by atoms with E-state index in [1.54, 1.807) is 75.2 Å². The van der Waals surface area contributed by atoms with Gasteiger partial charge >= 0.3 is 0 Å². The van der Waals surface area contributed by atoms with Crippen molar-refractivity contribution in [2.45, 2.75) is 39.0 Å². The molecule has 36 nitrogen and oxygen atoms in total. The van der Waals surface area contributed by atoms with Crippen LogP contribution in [0.4, 0.5) is 45.9 Å². The maximum absolute atomic E-state index is 13.5. The summed E-state index contributed by atoms with van der Waals surface area (Å²) in [5.41, 5.74) is 2.85. The molecule has 36 heteroatoms. The molecule has 0 spiro atoms. The Bertz CT molecular complexity index is 4390. The molecule has 0 aliphatic rings. The number of amides is 12. The Labute approximate surface area is 560 Å². The number of hydrogen-bond donors (Lipinski definition) is 12. The third kappa shape index (κ3) is 18.9. The van der Waals surface area contributed by atoms with Crippen LogP contribution in [0, 0.1) is 0 Å². The fraction of sp³-hybridized carbons (Fsp3) is 0.339. The molecule has 518 valence electrons. The van der Waals surface area contributed by atoms with Crippen LogP contribution in [0.1, 0.15) is 123 Å². The van der Waals surface area contributed by atoms with E-state index >= 15 is 0 Å². The quantitative estimate of drug-likeness (QED) is 0.0286. The molecule has 0 radical (unpaired) electrons. The molecule has 98 heavy (non-hydrogen) atoms. The van der Waals surface area contributed by atoms with E-state index < -0.39 is 47.3 Å². The zero-order chi connectivity index (χ0) is 71.2. The van der Waals surface area contributed by atoms with Gasteiger partial charge in [-0.15, -0.1) is 0 Å². The third-order valence-corrected chi connectivity index (χ3v) is 14.8. The van der Waals surface area contributed by atoms with E-state index in [9.17, 15) is 57.5 Å². The van der Waals surface area contributed by atoms with Crippen LogP contribution in [-0.4, -0.2) is 174 Å². The predicted octanol–water partition coefficient (Wildman–Crippen LogP) is 1.89. The number of hydrogen-bond acceptors (Lipinski definition) is 16. The van der Waals surface area contributed by atoms with Crippen molar-refractivity contribution < 1.29 is 57.5 Å². The minimum atomic E-state index is -0.731. The lowest BCUT2D eigenvalue weighted by Crippen LogP contribution is -2.31. The van der Waals surface area contributed by atoms with Crippen LogP contribution in [0.3, 0.4) is 0 Å². The van der Waals surface area contributed by atoms with Crippen molar-refractivity contribution in [3.05, 3.63) is 126 Å². The molecule has 0 bridgehead atoms. The van der Waals surface area contributed by atoms with E-state index in [-0.39, 0.29) is 132 Å². The standard InChI is InChI=1S/C62H78N24O12/c1-35(87)63-19-15-49(88)64-20-16-51(90)72-46-32-84(9)53(73-46)61(97)77-48-34-86(11)54(75-48)62(98)76-47-33-85(10)52(74-47)60(96)71-40-24-42(80(5)31-40)55(91)65-17-12-14-50(89)67-36-22-43(81(6)27-36)57(93)69-38-25-45(83(8)29-38)59(95)70-39-26-44(82(7)30-39)58(94)68-37-23-41(79(4)28-37)56(92)66-18-13-21-78(2)3/h22-34H,12-21H2,1-11H3,(H,63,87)(H,64,88)(H,65,91)(H,66,92)(H,67,89)(H,68,94)(H,69,93)(H,70,95)(H,71,96)(H,72,90)(H,76,98)(H,77,97). The number of carbonyl (C=O) groups is 12. The predicted molar refractivity (Wildman–Crippen MR) is 360 cm³/mol. The molecule has 8 heterocycles. The molecule has 12 N–H and O–H groups in total. The molecule has 12 amide bonds. The molecule has 8 aromatic rings. The molecule has 0 aliphatic carbocycles. The summed E-state index contributed by atoms with van der Waals surface area (Å²) in [6.45, 7) is 2.97. The average molecular weight is 1350 g/mol. The highest BCUT2D eigenvalue weighted by molar-refractivity contribution is 6.10. The Kier molecular flexibility index (Phi) is 23.1. The summed E-state index contributed by atoms with van der Waals surface area (Å²) >= 11 is 0. The summed E-state index contributed by atoms with van der Waals surface area (Å²) in [6.07, 6.45) is 13.0. The van der Waals surface area contributed by atoms with Crippen molar-refractivity contribution in [2.75, 3.05) is 89.4 Å². The molecular formula is C62H78N24O12. The van der Waals surface area contributed by atoms with Crippen molar-refractivity contribution in [3.63, 3.8) is 0 Å². The van der Waals surface area contributed by atoms with E-state index in [1.807, 2.05) is 19.0 Å². The highest BCUT2D eigenvalue weighted by atomic mass is 16.2. The second-order valence-electron chi connectivity index (χ2n) is 23.2. The van der Waals surface area contributed by atoms with Gasteiger partial charge in [-0.3, -0.25) is 57.5 Å². The van der Waals surface area contributed by atoms with Crippen molar-refractivity contribution in [3.8, 4) is 0 Å². The van der Waals surface area contributed by atoms with Gasteiger partial charge in [-0.25, -0.2) is 15.0 Å². The van der Waals surface area contributed by atoms with Crippen LogP contribution in [0.15, 0.2) is 79.9 Å². The molecule has 8 rings (SSSR count). The van der Waals surface area contributed by atoms with Gasteiger partial charge in [-0.05, 0) is 63.8 Å². The van der Waals surface area contributed by atoms with E-state index in [0.29, 0.717) is 35.0 Å². The van der Waals surface area contributed by atoms with Gasteiger partial charge in [0.25, 0.3) is 47.3 Å². The zero-order valence-corrected chi connectivity index (χ0v) is 55.8. The normalized spacial score (nSPS) is 11.0. The summed E-state index contributed by atoms with van der Waals surface area (Å²) in [7, 11) is 16.7. The van der Waals surface area contributed by atoms with E-state index in [4.69, 9.17) is 0 Å². The van der Waals surface area contributed by atoms with Crippen molar-refractivity contribution >= 4 is 117 Å². The molecule has 0 unspecified atom stereocenters. The number of aryl methyl sites for hydroxylation is 8. The number of anilines is 8. The molecule has 0 aromatic carbocycles. The van der Waals surface area contributed by atoms with Crippen molar-refractivity contribution in [1.29, 1.82) is 0 Å². The molecule has 0 fully saturated rings. The number of rotatable bonds is 30. The van der Waals surface area contributed by atoms with Crippen LogP contribution in [0.25, 0.3) is 0 Å². The minimum Gasteiger partial charge on any atom is -0.356 e. The lowest BCUT2D eigenvalue weighted by atomic mass is 10.2. The zero-order valence-electron chi connectivity index (χ0n) is 55.8. The summed E-state index contributed by atoms with van der Waals surface area (Å²) in [5.74, 6) is -6.11. The second kappa shape index (κ2) is 31.7. The summed E-state index contributed by atoms with van der Waals surface area (Å²) in [4.78, 5) is 170. The summed E-state index contributed by atoms with van der Waals surface area (Å²) < 4.78 is 11.8. The minimum absolute atomic E-state index is 0.00610. The third-order valence-electron chi connectivity index (χ3n) is 14.8. The Hall–Kier alpha value is -12.4. The van der Waals surface area contributed by atoms with Crippen molar-refractivity contribution in [2.24, 2.45) is 56.4 Å². The first-order valence-electron chi connectivity index (χ1n) is 30.6. The van der Waals surface area contributed by atoms with Gasteiger partial charge in [0.1, 0.15) is 28.5 Å². The Morgan fingerprint density at radius 3 is 1.03 bits per heavy atom. The Morgan fingerprint density at radius 2 is 0.643 bits per heavy atom. The fourth-order valence-corrected chi connectivity index (χ4v) is 10.0. The fourth-order valence-electron chi connectivity index (χ4n) is 10.0. The molecule has 0 saturated carbocycles. The van der Waals surface area contributed by atoms with E-state index in [2.05, 4.69) is 78.8 Å². The Balaban J connectivity index is 0.742. The van der Waals surface area contributed by atoms with Crippen LogP contribution in [-0.2, 0) is 75.6 Å². The lowest BCUT2D eigenvalue weighted by Gasteiger charge is -2.10. The average Bonchev–Trinajstić information content (AvgIpc) is 1.72. The first kappa shape index (κ1) is 71.5. The molecule has 0 saturated heterocycles. The SMILES string of the molecule is CC(=O)NCCC(=O)NCCC(=O)Nc1cn(C)c(C(=O)Nc2cn(C)c(C(=O)Nc3cn(C)c(C(=O)Nc4cc(C(=O)NCCCC(=O)Nc5cc(C(=O)Nc6cc(C(=O)Nc7cc(C(=O)Nc8cc(C(=O)NCCCN(C)C)n(C)c8)n(C)c7)n(C)c6)n(C)c5)n(C)c4)n3)n2)n1. The van der Waals surface area contributed by atoms with Crippen molar-refractivity contribution in [1.82, 2.24) is 77.7 Å². The number of nitrogens with zero attached hydrogens (tertiary/aromatic N) is 12. The smallest absolute Gasteiger partial charge is 0.292 e. The number of nitrogens with one attached hydrogen (secondary N) is 12. The maximum Gasteiger partial charge on any atom is 0.292 e. The molecule has 0 atom stereocenters. The molecule has 0 aliphatic heterocycles. The van der Waals surface area contributed by atoms with Gasteiger partial charge in [0.05, 0.1) is 28.4 Å². The Morgan fingerprint density at radius 1 is 0.327 bits per heavy atom. The molecular weight excluding hydrogens is 1270 g/mol. The van der Waals surface area contributed by atoms with E-state index in [0.717, 1.165) is 13.0 Å². The van der Waals surface area contributed by atoms with Gasteiger partial charge < -0.3 is 105 Å². The van der Waals surface area contributed by atoms with Crippen LogP contribution < -0.4 is 63.8 Å². The highest BCUT2D eigenvalue weighted by Gasteiger charge is 2.25. The van der Waals surface area contributed by atoms with Gasteiger partial charge in [0.2, 0.25) is 41.1 Å². The van der Waals surface area contributed by atoms with Gasteiger partial charge in [0, 0.05) is 158 Å². The monoisotopic (exact) mass is 1350 g/mol. The van der Waals surface area contributed by atoms with Crippen LogP contribution >= 0.6 is 0 Å². The first-order valence-corrected chi connectivity index (χ1v) is 30.6. The number of imidazole rings is 3. The van der Waals surface area contributed by atoms with Gasteiger partial charge in [-0.1, -0.05) is 0 Å². The van der Waals surface area contributed by atoms with Gasteiger partial charge in [-0.2, -0.15) is 0 Å². The largest absolute Gasteiger partial charge is 0.356 e. The second-order valence-corrected chi connectivity index (χ2v) is 23.2. The number of carbonyl (C=O) groups excluding carboxylic acids is 12. The topological polar surface area (TPSA) is 431 Å². The molecule has 8 aromatic heterocycles. The first-order chi connectivity index (χ1) is 46.5.